The lowest BCUT2D eigenvalue weighted by Crippen LogP contribution is -2.67. The van der Waals surface area contributed by atoms with Crippen LogP contribution in [-0.2, 0) is 33.2 Å². The van der Waals surface area contributed by atoms with E-state index in [0.717, 1.165) is 38.6 Å². The van der Waals surface area contributed by atoms with Gasteiger partial charge in [-0.25, -0.2) is 0 Å². The predicted octanol–water partition coefficient (Wildman–Crippen LogP) is -1.04. The van der Waals surface area contributed by atoms with Crippen molar-refractivity contribution < 1.29 is 84.6 Å². The van der Waals surface area contributed by atoms with E-state index in [9.17, 15) is 46.0 Å². The molecular weight excluding hydrogens is 826 g/mol. The molecule has 3 saturated carbocycles. The molecule has 9 rings (SSSR count). The van der Waals surface area contributed by atoms with E-state index in [1.807, 2.05) is 0 Å². The summed E-state index contributed by atoms with van der Waals surface area (Å²) in [6.07, 6.45) is -11.9. The lowest BCUT2D eigenvalue weighted by molar-refractivity contribution is -0.394. The third-order valence-electron chi connectivity index (χ3n) is 17.9. The second kappa shape index (κ2) is 18.2. The average Bonchev–Trinajstić information content (AvgIpc) is 3.70. The van der Waals surface area contributed by atoms with E-state index in [0.29, 0.717) is 48.3 Å². The second-order valence-corrected chi connectivity index (χ2v) is 21.2. The minimum absolute atomic E-state index is 0. The van der Waals surface area contributed by atoms with Gasteiger partial charge in [-0.2, -0.15) is 0 Å². The van der Waals surface area contributed by atoms with Gasteiger partial charge in [-0.3, -0.25) is 5.32 Å². The molecule has 5 saturated heterocycles. The normalized spacial score (nSPS) is 56.7. The fourth-order valence-electron chi connectivity index (χ4n) is 14.2. The fourth-order valence-corrected chi connectivity index (χ4v) is 14.2. The Morgan fingerprint density at radius 3 is 2.03 bits per heavy atom. The monoisotopic (exact) mass is 902 g/mol. The number of rotatable bonds is 8. The molecule has 362 valence electrons. The van der Waals surface area contributed by atoms with Gasteiger partial charge in [0.25, 0.3) is 0 Å². The van der Waals surface area contributed by atoms with Crippen molar-refractivity contribution in [2.24, 2.45) is 46.3 Å². The SMILES string of the molecule is C[C@@H]1CC[C@@]2(NC1)O[C@H]1C[C@H]3[C@@H]4CC=C5C[C@@H](O[C@@H]6O[C@H](CO)[C@H](O)[C@H](O[C@@H]7O[C@H](CO)[C@@H](O)[C@H](O)[C@H]7O)[C@H]6O[C@@H]6O[C@@H](C)[C@H](O)[C@@H](O)[C@H]6O)CC[C@]5(C)[C@H]4CC[C@]3(C)[C@H]1[C@@H]2C.O. The molecule has 5 heterocycles. The van der Waals surface area contributed by atoms with Crippen molar-refractivity contribution in [3.8, 4) is 0 Å². The first-order valence-corrected chi connectivity index (χ1v) is 23.5. The van der Waals surface area contributed by atoms with Crippen LogP contribution in [0.15, 0.2) is 11.6 Å². The van der Waals surface area contributed by atoms with Crippen LogP contribution in [0.4, 0.5) is 0 Å². The van der Waals surface area contributed by atoms with Crippen molar-refractivity contribution in [2.45, 2.75) is 202 Å². The molecule has 18 nitrogen and oxygen atoms in total. The molecule has 26 atom stereocenters. The van der Waals surface area contributed by atoms with Crippen LogP contribution in [-0.4, -0.2) is 181 Å². The molecule has 0 aromatic rings. The summed E-state index contributed by atoms with van der Waals surface area (Å²) >= 11 is 0. The lowest BCUT2D eigenvalue weighted by Gasteiger charge is -2.59. The molecule has 0 amide bonds. The summed E-state index contributed by atoms with van der Waals surface area (Å²) in [6.45, 7) is 10.8. The van der Waals surface area contributed by atoms with Gasteiger partial charge in [-0.05, 0) is 105 Å². The fraction of sp³-hybridized carbons (Fsp3) is 0.956. The maximum absolute atomic E-state index is 11.6. The van der Waals surface area contributed by atoms with Crippen LogP contribution in [0.25, 0.3) is 0 Å². The lowest BCUT2D eigenvalue weighted by atomic mass is 9.47. The molecule has 4 aliphatic carbocycles. The highest BCUT2D eigenvalue weighted by molar-refractivity contribution is 5.26. The smallest absolute Gasteiger partial charge is 0.187 e. The highest BCUT2D eigenvalue weighted by Gasteiger charge is 2.68. The van der Waals surface area contributed by atoms with E-state index in [1.165, 1.54) is 25.3 Å². The van der Waals surface area contributed by atoms with E-state index >= 15 is 0 Å². The van der Waals surface area contributed by atoms with Gasteiger partial charge < -0.3 is 84.6 Å². The Balaban J connectivity index is 0.00000544. The van der Waals surface area contributed by atoms with Crippen molar-refractivity contribution >= 4 is 0 Å². The van der Waals surface area contributed by atoms with Gasteiger partial charge in [0.2, 0.25) is 0 Å². The number of hydrogen-bond donors (Lipinski definition) is 10. The molecule has 12 N–H and O–H groups in total. The van der Waals surface area contributed by atoms with E-state index in [1.54, 1.807) is 0 Å². The zero-order chi connectivity index (χ0) is 44.2. The third kappa shape index (κ3) is 8.00. The first kappa shape index (κ1) is 48.5. The third-order valence-corrected chi connectivity index (χ3v) is 17.9. The Kier molecular flexibility index (Phi) is 14.0. The van der Waals surface area contributed by atoms with E-state index in [4.69, 9.17) is 33.2 Å². The molecule has 1 spiro atoms. The van der Waals surface area contributed by atoms with Crippen molar-refractivity contribution in [1.29, 1.82) is 0 Å². The number of nitrogens with one attached hydrogen (secondary N) is 1. The van der Waals surface area contributed by atoms with Crippen LogP contribution in [0, 0.1) is 46.3 Å². The number of aliphatic hydroxyl groups is 9. The van der Waals surface area contributed by atoms with Crippen LogP contribution in [0.2, 0.25) is 0 Å². The number of hydrogen-bond acceptors (Lipinski definition) is 17. The Hall–Kier alpha value is -0.980. The van der Waals surface area contributed by atoms with Crippen molar-refractivity contribution in [3.05, 3.63) is 11.6 Å². The van der Waals surface area contributed by atoms with E-state index in [-0.39, 0.29) is 28.1 Å². The van der Waals surface area contributed by atoms with Gasteiger partial charge in [-0.1, -0.05) is 39.3 Å². The molecule has 9 aliphatic rings. The zero-order valence-electron chi connectivity index (χ0n) is 37.2. The number of piperidine rings is 1. The van der Waals surface area contributed by atoms with Crippen molar-refractivity contribution in [2.75, 3.05) is 19.8 Å². The Labute approximate surface area is 369 Å². The van der Waals surface area contributed by atoms with E-state index in [2.05, 4.69) is 39.1 Å². The van der Waals surface area contributed by atoms with E-state index < -0.39 is 111 Å². The maximum Gasteiger partial charge on any atom is 0.187 e. The highest BCUT2D eigenvalue weighted by Crippen LogP contribution is 2.70. The Morgan fingerprint density at radius 1 is 0.698 bits per heavy atom. The minimum atomic E-state index is -1.84. The van der Waals surface area contributed by atoms with Crippen LogP contribution in [0.3, 0.4) is 0 Å². The second-order valence-electron chi connectivity index (χ2n) is 21.2. The summed E-state index contributed by atoms with van der Waals surface area (Å²) in [5.41, 5.74) is 1.32. The number of aliphatic hydroxyl groups excluding tert-OH is 9. The van der Waals surface area contributed by atoms with Gasteiger partial charge in [-0.15, -0.1) is 0 Å². The molecular formula is C45H75NO17. The predicted molar refractivity (Wildman–Crippen MR) is 220 cm³/mol. The highest BCUT2D eigenvalue weighted by atomic mass is 16.8. The molecule has 0 radical (unpaired) electrons. The number of allylic oxidation sites excluding steroid dienone is 1. The van der Waals surface area contributed by atoms with Gasteiger partial charge in [0, 0.05) is 12.5 Å². The van der Waals surface area contributed by atoms with Crippen molar-refractivity contribution in [1.82, 2.24) is 5.32 Å². The first-order chi connectivity index (χ1) is 29.4. The van der Waals surface area contributed by atoms with Crippen LogP contribution in [0.5, 0.6) is 0 Å². The molecule has 0 aromatic carbocycles. The molecule has 0 bridgehead atoms. The topological polar surface area (TPSA) is 290 Å². The summed E-state index contributed by atoms with van der Waals surface area (Å²) < 4.78 is 43.9. The Bertz CT molecular complexity index is 1620. The van der Waals surface area contributed by atoms with Gasteiger partial charge >= 0.3 is 0 Å². The standard InChI is InChI=1S/C45H73NO16.H2O/c1-19-8-13-45(46-16-19)20(2)30-27(62-45)15-26-24-7-6-22-14-23(9-11-43(22,4)25(24)10-12-44(26,30)5)57-42-39(61-40-36(54)34(52)31(49)21(3)56-40)38(33(51)29(18-48)59-42)60-41-37(55)35(53)32(50)28(17-47)58-41;/h6,19-21,23-42,46-55H,7-18H2,1-5H3;1H2/t19-,20+,21+,23+,24-,25+,26+,27+,28-,29-,30+,31+,32-,33+,34-,35+,36-,37-,38+,39-,40+,41+,42-,43+,44+,45-;/m1./s1. The van der Waals surface area contributed by atoms with Gasteiger partial charge in [0.05, 0.1) is 31.5 Å². The summed E-state index contributed by atoms with van der Waals surface area (Å²) in [4.78, 5) is 0. The van der Waals surface area contributed by atoms with Crippen molar-refractivity contribution in [3.63, 3.8) is 0 Å². The summed E-state index contributed by atoms with van der Waals surface area (Å²) in [6, 6.07) is 0. The molecule has 5 aliphatic heterocycles. The number of fused-ring (bicyclic) bond motifs is 7. The zero-order valence-corrected chi connectivity index (χ0v) is 37.2. The van der Waals surface area contributed by atoms with Crippen LogP contribution >= 0.6 is 0 Å². The minimum Gasteiger partial charge on any atom is -0.412 e. The summed E-state index contributed by atoms with van der Waals surface area (Å²) in [5, 5.41) is 99.7. The molecule has 8 fully saturated rings. The molecule has 63 heavy (non-hydrogen) atoms. The maximum atomic E-state index is 11.6. The number of ether oxygens (including phenoxy) is 7. The molecule has 18 heteroatoms. The molecule has 0 unspecified atom stereocenters. The largest absolute Gasteiger partial charge is 0.412 e. The van der Waals surface area contributed by atoms with Gasteiger partial charge in [0.15, 0.2) is 18.9 Å². The molecule has 0 aromatic heterocycles. The first-order valence-electron chi connectivity index (χ1n) is 23.5. The Morgan fingerprint density at radius 2 is 1.35 bits per heavy atom. The van der Waals surface area contributed by atoms with Crippen LogP contribution < -0.4 is 5.32 Å². The van der Waals surface area contributed by atoms with Gasteiger partial charge in [0.1, 0.15) is 72.9 Å². The quantitative estimate of drug-likeness (QED) is 0.130. The average molecular weight is 902 g/mol. The summed E-state index contributed by atoms with van der Waals surface area (Å²) in [7, 11) is 0. The summed E-state index contributed by atoms with van der Waals surface area (Å²) in [5.74, 6) is 3.32. The van der Waals surface area contributed by atoms with Crippen LogP contribution in [0.1, 0.15) is 92.4 Å².